The molecule has 0 aliphatic rings. The number of nitrogens with one attached hydrogen (secondary N) is 1. The highest BCUT2D eigenvalue weighted by Gasteiger charge is 2.18. The van der Waals surface area contributed by atoms with Gasteiger partial charge in [-0.15, -0.1) is 11.3 Å². The van der Waals surface area contributed by atoms with Gasteiger partial charge in [0.1, 0.15) is 5.56 Å². The highest BCUT2D eigenvalue weighted by molar-refractivity contribution is 7.14. The number of halogens is 1. The van der Waals surface area contributed by atoms with Crippen LogP contribution in [-0.2, 0) is 0 Å². The molecular weight excluding hydrogens is 258 g/mol. The number of benzene rings is 1. The first-order valence-electron chi connectivity index (χ1n) is 4.92. The number of anilines is 1. The molecule has 0 aliphatic heterocycles. The molecule has 0 spiro atoms. The highest BCUT2D eigenvalue weighted by atomic mass is 35.5. The fourth-order valence-corrected chi connectivity index (χ4v) is 2.75. The largest absolute Gasteiger partial charge is 0.478 e. The Hall–Kier alpha value is -1.52. The average Bonchev–Trinajstić information content (AvgIpc) is 2.73. The summed E-state index contributed by atoms with van der Waals surface area (Å²) in [5, 5.41) is 14.5. The number of aromatic carboxylic acids is 1. The Kier molecular flexibility index (Phi) is 3.36. The van der Waals surface area contributed by atoms with Gasteiger partial charge in [-0.3, -0.25) is 0 Å². The van der Waals surface area contributed by atoms with E-state index in [1.54, 1.807) is 24.6 Å². The molecule has 5 heteroatoms. The quantitative estimate of drug-likeness (QED) is 0.889. The van der Waals surface area contributed by atoms with E-state index in [-0.39, 0.29) is 0 Å². The van der Waals surface area contributed by atoms with Crippen LogP contribution in [0.2, 0.25) is 5.02 Å². The van der Waals surface area contributed by atoms with Gasteiger partial charge in [0.05, 0.1) is 10.6 Å². The van der Waals surface area contributed by atoms with Crippen molar-refractivity contribution in [1.82, 2.24) is 0 Å². The normalized spacial score (nSPS) is 10.2. The summed E-state index contributed by atoms with van der Waals surface area (Å²) in [6.07, 6.45) is 0. The number of carboxylic acid groups (broad SMARTS) is 1. The summed E-state index contributed by atoms with van der Waals surface area (Å²) in [6, 6.07) is 7.14. The minimum atomic E-state index is -0.930. The summed E-state index contributed by atoms with van der Waals surface area (Å²) < 4.78 is 0. The molecule has 1 heterocycles. The fraction of sp³-hybridized carbons (Fsp3) is 0.0833. The van der Waals surface area contributed by atoms with E-state index in [2.05, 4.69) is 5.32 Å². The van der Waals surface area contributed by atoms with Gasteiger partial charge in [0.2, 0.25) is 0 Å². The van der Waals surface area contributed by atoms with E-state index in [0.29, 0.717) is 16.3 Å². The summed E-state index contributed by atoms with van der Waals surface area (Å²) in [5.41, 5.74) is 1.80. The molecule has 2 N–H and O–H groups in total. The van der Waals surface area contributed by atoms with Crippen LogP contribution in [0.5, 0.6) is 0 Å². The highest BCUT2D eigenvalue weighted by Crippen LogP contribution is 2.36. The monoisotopic (exact) mass is 267 g/mol. The molecule has 1 aromatic carbocycles. The lowest BCUT2D eigenvalue weighted by Crippen LogP contribution is -2.01. The number of thiophene rings is 1. The zero-order valence-corrected chi connectivity index (χ0v) is 10.6. The van der Waals surface area contributed by atoms with E-state index in [1.165, 1.54) is 11.3 Å². The first kappa shape index (κ1) is 12.0. The van der Waals surface area contributed by atoms with Crippen LogP contribution in [0.1, 0.15) is 10.4 Å². The average molecular weight is 268 g/mol. The molecule has 0 radical (unpaired) electrons. The van der Waals surface area contributed by atoms with Gasteiger partial charge in [0.25, 0.3) is 0 Å². The Balaban J connectivity index is 2.55. The molecule has 0 fully saturated rings. The SMILES string of the molecule is CNc1csc(-c2ccc(Cl)cc2)c1C(=O)O. The summed E-state index contributed by atoms with van der Waals surface area (Å²) in [5.74, 6) is -0.930. The van der Waals surface area contributed by atoms with Crippen molar-refractivity contribution >= 4 is 34.6 Å². The van der Waals surface area contributed by atoms with Gasteiger partial charge in [0.15, 0.2) is 0 Å². The molecule has 2 aromatic rings. The maximum absolute atomic E-state index is 11.2. The van der Waals surface area contributed by atoms with Gasteiger partial charge >= 0.3 is 5.97 Å². The molecule has 0 unspecified atom stereocenters. The molecular formula is C12H10ClNO2S. The second-order valence-corrected chi connectivity index (χ2v) is 4.73. The topological polar surface area (TPSA) is 49.3 Å². The van der Waals surface area contributed by atoms with Gasteiger partial charge in [-0.25, -0.2) is 4.79 Å². The summed E-state index contributed by atoms with van der Waals surface area (Å²) in [4.78, 5) is 12.0. The maximum Gasteiger partial charge on any atom is 0.339 e. The van der Waals surface area contributed by atoms with Crippen molar-refractivity contribution in [3.8, 4) is 10.4 Å². The molecule has 1 aromatic heterocycles. The van der Waals surface area contributed by atoms with E-state index in [4.69, 9.17) is 11.6 Å². The molecule has 2 rings (SSSR count). The third-order valence-corrected chi connectivity index (χ3v) is 3.66. The number of hydrogen-bond acceptors (Lipinski definition) is 3. The Bertz CT molecular complexity index is 548. The third kappa shape index (κ3) is 2.28. The molecule has 0 aliphatic carbocycles. The molecule has 0 amide bonds. The summed E-state index contributed by atoms with van der Waals surface area (Å²) in [7, 11) is 1.71. The van der Waals surface area contributed by atoms with Crippen LogP contribution >= 0.6 is 22.9 Å². The Morgan fingerprint density at radius 3 is 2.53 bits per heavy atom. The van der Waals surface area contributed by atoms with Crippen molar-refractivity contribution in [2.24, 2.45) is 0 Å². The van der Waals surface area contributed by atoms with Crippen LogP contribution in [-0.4, -0.2) is 18.1 Å². The van der Waals surface area contributed by atoms with Gasteiger partial charge in [-0.1, -0.05) is 23.7 Å². The van der Waals surface area contributed by atoms with Crippen LogP contribution < -0.4 is 5.32 Å². The van der Waals surface area contributed by atoms with Crippen molar-refractivity contribution in [1.29, 1.82) is 0 Å². The van der Waals surface area contributed by atoms with Crippen molar-refractivity contribution in [3.63, 3.8) is 0 Å². The second-order valence-electron chi connectivity index (χ2n) is 3.42. The number of hydrogen-bond donors (Lipinski definition) is 2. The Morgan fingerprint density at radius 1 is 1.35 bits per heavy atom. The van der Waals surface area contributed by atoms with Gasteiger partial charge in [0, 0.05) is 17.5 Å². The van der Waals surface area contributed by atoms with Gasteiger partial charge in [-0.05, 0) is 17.7 Å². The minimum absolute atomic E-state index is 0.305. The lowest BCUT2D eigenvalue weighted by atomic mass is 10.1. The van der Waals surface area contributed by atoms with E-state index < -0.39 is 5.97 Å². The zero-order chi connectivity index (χ0) is 12.4. The molecule has 88 valence electrons. The Labute approximate surface area is 108 Å². The summed E-state index contributed by atoms with van der Waals surface area (Å²) in [6.45, 7) is 0. The molecule has 17 heavy (non-hydrogen) atoms. The van der Waals surface area contributed by atoms with Crippen molar-refractivity contribution in [3.05, 3.63) is 40.2 Å². The third-order valence-electron chi connectivity index (χ3n) is 2.38. The zero-order valence-electron chi connectivity index (χ0n) is 9.03. The smallest absolute Gasteiger partial charge is 0.339 e. The van der Waals surface area contributed by atoms with Crippen LogP contribution in [0.3, 0.4) is 0 Å². The molecule has 0 bridgehead atoms. The number of carboxylic acids is 1. The first-order valence-corrected chi connectivity index (χ1v) is 6.17. The Morgan fingerprint density at radius 2 is 2.00 bits per heavy atom. The van der Waals surface area contributed by atoms with E-state index in [1.807, 2.05) is 12.1 Å². The summed E-state index contributed by atoms with van der Waals surface area (Å²) >= 11 is 7.21. The van der Waals surface area contributed by atoms with Crippen LogP contribution in [0.25, 0.3) is 10.4 Å². The first-order chi connectivity index (χ1) is 8.13. The van der Waals surface area contributed by atoms with Crippen LogP contribution in [0, 0.1) is 0 Å². The van der Waals surface area contributed by atoms with E-state index >= 15 is 0 Å². The van der Waals surface area contributed by atoms with E-state index in [0.717, 1.165) is 10.4 Å². The molecule has 3 nitrogen and oxygen atoms in total. The lowest BCUT2D eigenvalue weighted by Gasteiger charge is -2.03. The molecule has 0 atom stereocenters. The van der Waals surface area contributed by atoms with Crippen LogP contribution in [0.15, 0.2) is 29.6 Å². The van der Waals surface area contributed by atoms with Gasteiger partial charge < -0.3 is 10.4 Å². The molecule has 0 saturated carbocycles. The number of carbonyl (C=O) groups is 1. The minimum Gasteiger partial charge on any atom is -0.478 e. The lowest BCUT2D eigenvalue weighted by molar-refractivity contribution is 0.0699. The van der Waals surface area contributed by atoms with Crippen molar-refractivity contribution in [2.45, 2.75) is 0 Å². The number of rotatable bonds is 3. The maximum atomic E-state index is 11.2. The van der Waals surface area contributed by atoms with E-state index in [9.17, 15) is 9.90 Å². The van der Waals surface area contributed by atoms with Crippen molar-refractivity contribution < 1.29 is 9.90 Å². The fourth-order valence-electron chi connectivity index (χ4n) is 1.57. The van der Waals surface area contributed by atoms with Crippen LogP contribution in [0.4, 0.5) is 5.69 Å². The molecule has 0 saturated heterocycles. The standard InChI is InChI=1S/C12H10ClNO2S/c1-14-9-6-17-11(10(9)12(15)16)7-2-4-8(13)5-3-7/h2-6,14H,1H3,(H,15,16). The predicted octanol–water partition coefficient (Wildman–Crippen LogP) is 3.81. The van der Waals surface area contributed by atoms with Crippen molar-refractivity contribution in [2.75, 3.05) is 12.4 Å². The van der Waals surface area contributed by atoms with Gasteiger partial charge in [-0.2, -0.15) is 0 Å². The second kappa shape index (κ2) is 4.77. The predicted molar refractivity (Wildman–Crippen MR) is 71.3 cm³/mol.